The number of amides is 1. The second-order valence-corrected chi connectivity index (χ2v) is 5.33. The Morgan fingerprint density at radius 2 is 1.71 bits per heavy atom. The number of ether oxygens (including phenoxy) is 1. The fourth-order valence-corrected chi connectivity index (χ4v) is 1.41. The van der Waals surface area contributed by atoms with Crippen LogP contribution >= 0.6 is 0 Å². The Kier molecular flexibility index (Phi) is 3.81. The maximum absolute atomic E-state index is 11.7. The van der Waals surface area contributed by atoms with Crippen LogP contribution in [0.5, 0.6) is 0 Å². The predicted octanol–water partition coefficient (Wildman–Crippen LogP) is 3.26. The molecule has 1 amide bonds. The van der Waals surface area contributed by atoms with E-state index in [1.807, 2.05) is 58.0 Å². The third-order valence-electron chi connectivity index (χ3n) is 2.19. The van der Waals surface area contributed by atoms with Gasteiger partial charge in [-0.1, -0.05) is 30.3 Å². The molecule has 1 N–H and O–H groups in total. The van der Waals surface area contributed by atoms with Crippen molar-refractivity contribution < 1.29 is 9.53 Å². The molecule has 17 heavy (non-hydrogen) atoms. The summed E-state index contributed by atoms with van der Waals surface area (Å²) in [5, 5.41) is 2.76. The van der Waals surface area contributed by atoms with Crippen molar-refractivity contribution in [2.75, 3.05) is 0 Å². The SMILES string of the molecule is [CH2][C@](C)(NC(=O)OC(C)(C)C)c1ccccc1. The van der Waals surface area contributed by atoms with Crippen molar-refractivity contribution in [1.82, 2.24) is 5.32 Å². The molecule has 0 saturated carbocycles. The van der Waals surface area contributed by atoms with Gasteiger partial charge in [-0.15, -0.1) is 0 Å². The molecule has 93 valence electrons. The standard InChI is InChI=1S/C14H20NO2/c1-13(2,3)17-12(16)15-14(4,5)11-9-7-6-8-10-11/h6-10H,4H2,1-3,5H3,(H,15,16)/t14-/m1/s1. The average Bonchev–Trinajstić information content (AvgIpc) is 2.15. The summed E-state index contributed by atoms with van der Waals surface area (Å²) >= 11 is 0. The number of nitrogens with one attached hydrogen (secondary N) is 1. The van der Waals surface area contributed by atoms with E-state index in [9.17, 15) is 4.79 Å². The molecule has 3 nitrogen and oxygen atoms in total. The lowest BCUT2D eigenvalue weighted by molar-refractivity contribution is 0.0481. The monoisotopic (exact) mass is 234 g/mol. The summed E-state index contributed by atoms with van der Waals surface area (Å²) in [6.45, 7) is 11.3. The Bertz CT molecular complexity index is 377. The number of hydrogen-bond donors (Lipinski definition) is 1. The molecule has 0 saturated heterocycles. The van der Waals surface area contributed by atoms with Gasteiger partial charge in [-0.2, -0.15) is 0 Å². The minimum absolute atomic E-state index is 0.459. The molecule has 1 aromatic carbocycles. The Morgan fingerprint density at radius 3 is 2.18 bits per heavy atom. The zero-order valence-corrected chi connectivity index (χ0v) is 10.9. The largest absolute Gasteiger partial charge is 0.444 e. The van der Waals surface area contributed by atoms with E-state index in [0.717, 1.165) is 5.56 Å². The summed E-state index contributed by atoms with van der Waals surface area (Å²) in [6.07, 6.45) is -0.459. The normalized spacial score (nSPS) is 12.1. The quantitative estimate of drug-likeness (QED) is 0.853. The summed E-state index contributed by atoms with van der Waals surface area (Å²) in [6, 6.07) is 9.59. The first-order valence-corrected chi connectivity index (χ1v) is 5.63. The second kappa shape index (κ2) is 4.78. The molecule has 0 aliphatic carbocycles. The highest BCUT2D eigenvalue weighted by Crippen LogP contribution is 2.19. The van der Waals surface area contributed by atoms with Gasteiger partial charge in [0.25, 0.3) is 0 Å². The van der Waals surface area contributed by atoms with Crippen LogP contribution in [-0.2, 0) is 10.3 Å². The van der Waals surface area contributed by atoms with Crippen LogP contribution in [0.2, 0.25) is 0 Å². The zero-order valence-electron chi connectivity index (χ0n) is 10.9. The molecule has 0 fully saturated rings. The first kappa shape index (κ1) is 13.6. The van der Waals surface area contributed by atoms with E-state index >= 15 is 0 Å². The Hall–Kier alpha value is -1.51. The van der Waals surface area contributed by atoms with E-state index in [0.29, 0.717) is 0 Å². The minimum Gasteiger partial charge on any atom is -0.444 e. The molecule has 0 bridgehead atoms. The maximum Gasteiger partial charge on any atom is 0.408 e. The average molecular weight is 234 g/mol. The van der Waals surface area contributed by atoms with Crippen LogP contribution in [0.25, 0.3) is 0 Å². The number of benzene rings is 1. The summed E-state index contributed by atoms with van der Waals surface area (Å²) in [7, 11) is 0. The Morgan fingerprint density at radius 1 is 1.18 bits per heavy atom. The van der Waals surface area contributed by atoms with Crippen molar-refractivity contribution in [3.8, 4) is 0 Å². The van der Waals surface area contributed by atoms with Crippen LogP contribution < -0.4 is 5.32 Å². The van der Waals surface area contributed by atoms with Crippen molar-refractivity contribution >= 4 is 6.09 Å². The molecule has 1 aromatic rings. The van der Waals surface area contributed by atoms with Gasteiger partial charge >= 0.3 is 6.09 Å². The van der Waals surface area contributed by atoms with Crippen molar-refractivity contribution in [3.05, 3.63) is 42.8 Å². The van der Waals surface area contributed by atoms with Gasteiger partial charge in [0.15, 0.2) is 0 Å². The lowest BCUT2D eigenvalue weighted by Gasteiger charge is -2.28. The molecule has 0 unspecified atom stereocenters. The van der Waals surface area contributed by atoms with Gasteiger partial charge in [0, 0.05) is 0 Å². The topological polar surface area (TPSA) is 38.3 Å². The van der Waals surface area contributed by atoms with E-state index in [1.165, 1.54) is 0 Å². The molecular formula is C14H20NO2. The first-order valence-electron chi connectivity index (χ1n) is 5.63. The predicted molar refractivity (Wildman–Crippen MR) is 68.5 cm³/mol. The number of hydrogen-bond acceptors (Lipinski definition) is 2. The summed E-state index contributed by atoms with van der Waals surface area (Å²) in [4.78, 5) is 11.7. The van der Waals surface area contributed by atoms with Crippen LogP contribution in [0.4, 0.5) is 4.79 Å². The lowest BCUT2D eigenvalue weighted by Crippen LogP contribution is -2.43. The molecule has 1 atom stereocenters. The Labute approximate surface area is 103 Å². The van der Waals surface area contributed by atoms with E-state index in [1.54, 1.807) is 0 Å². The van der Waals surface area contributed by atoms with E-state index < -0.39 is 17.2 Å². The highest BCUT2D eigenvalue weighted by molar-refractivity contribution is 5.69. The smallest absolute Gasteiger partial charge is 0.408 e. The summed E-state index contributed by atoms with van der Waals surface area (Å²) < 4.78 is 5.21. The van der Waals surface area contributed by atoms with Crippen LogP contribution in [0.1, 0.15) is 33.3 Å². The van der Waals surface area contributed by atoms with Crippen LogP contribution in [0, 0.1) is 6.92 Å². The van der Waals surface area contributed by atoms with Gasteiger partial charge in [-0.05, 0) is 40.2 Å². The molecule has 0 heterocycles. The third kappa shape index (κ3) is 4.47. The van der Waals surface area contributed by atoms with Crippen LogP contribution in [-0.4, -0.2) is 11.7 Å². The van der Waals surface area contributed by atoms with Gasteiger partial charge in [0.05, 0.1) is 5.54 Å². The molecule has 0 aliphatic heterocycles. The summed E-state index contributed by atoms with van der Waals surface area (Å²) in [5.41, 5.74) is -0.258. The highest BCUT2D eigenvalue weighted by atomic mass is 16.6. The molecular weight excluding hydrogens is 214 g/mol. The first-order chi connectivity index (χ1) is 7.71. The van der Waals surface area contributed by atoms with Crippen molar-refractivity contribution in [3.63, 3.8) is 0 Å². The maximum atomic E-state index is 11.7. The minimum atomic E-state index is -0.691. The number of alkyl carbamates (subject to hydrolysis) is 1. The van der Waals surface area contributed by atoms with Crippen molar-refractivity contribution in [1.29, 1.82) is 0 Å². The molecule has 0 aromatic heterocycles. The fourth-order valence-electron chi connectivity index (χ4n) is 1.41. The van der Waals surface area contributed by atoms with Crippen molar-refractivity contribution in [2.24, 2.45) is 0 Å². The molecule has 0 aliphatic rings. The number of carbonyl (C=O) groups excluding carboxylic acids is 1. The van der Waals surface area contributed by atoms with E-state index in [4.69, 9.17) is 4.74 Å². The third-order valence-corrected chi connectivity index (χ3v) is 2.19. The molecule has 1 rings (SSSR count). The summed E-state index contributed by atoms with van der Waals surface area (Å²) in [5.74, 6) is 0. The van der Waals surface area contributed by atoms with E-state index in [2.05, 4.69) is 12.2 Å². The van der Waals surface area contributed by atoms with E-state index in [-0.39, 0.29) is 0 Å². The highest BCUT2D eigenvalue weighted by Gasteiger charge is 2.25. The Balaban J connectivity index is 2.71. The fraction of sp³-hybridized carbons (Fsp3) is 0.429. The van der Waals surface area contributed by atoms with Gasteiger partial charge in [-0.3, -0.25) is 0 Å². The molecule has 3 heteroatoms. The van der Waals surface area contributed by atoms with Gasteiger partial charge < -0.3 is 10.1 Å². The van der Waals surface area contributed by atoms with Gasteiger partial charge in [-0.25, -0.2) is 4.79 Å². The van der Waals surface area contributed by atoms with Crippen molar-refractivity contribution in [2.45, 2.75) is 38.8 Å². The van der Waals surface area contributed by atoms with Gasteiger partial charge in [0.2, 0.25) is 0 Å². The zero-order chi connectivity index (χ0) is 13.1. The van der Waals surface area contributed by atoms with Crippen LogP contribution in [0.3, 0.4) is 0 Å². The number of carbonyl (C=O) groups is 1. The number of rotatable bonds is 2. The van der Waals surface area contributed by atoms with Gasteiger partial charge in [0.1, 0.15) is 5.60 Å². The second-order valence-electron chi connectivity index (χ2n) is 5.33. The lowest BCUT2D eigenvalue weighted by atomic mass is 9.95. The molecule has 0 spiro atoms. The molecule has 1 radical (unpaired) electrons. The van der Waals surface area contributed by atoms with Crippen LogP contribution in [0.15, 0.2) is 30.3 Å².